The Morgan fingerprint density at radius 3 is 2.20 bits per heavy atom. The summed E-state index contributed by atoms with van der Waals surface area (Å²) in [6.45, 7) is 7.82. The average molecular weight is 486 g/mol. The van der Waals surface area contributed by atoms with Crippen LogP contribution in [0.1, 0.15) is 45.2 Å². The van der Waals surface area contributed by atoms with E-state index in [4.69, 9.17) is 14.2 Å². The number of nitrogens with one attached hydrogen (secondary N) is 3. The number of aryl methyl sites for hydroxylation is 1. The molecule has 0 saturated heterocycles. The second kappa shape index (κ2) is 13.2. The van der Waals surface area contributed by atoms with E-state index in [0.717, 1.165) is 11.1 Å². The van der Waals surface area contributed by atoms with E-state index in [2.05, 4.69) is 16.0 Å². The van der Waals surface area contributed by atoms with Crippen molar-refractivity contribution in [3.63, 3.8) is 0 Å². The Bertz CT molecular complexity index is 999. The summed E-state index contributed by atoms with van der Waals surface area (Å²) in [7, 11) is 1.59. The van der Waals surface area contributed by atoms with E-state index in [1.807, 2.05) is 37.3 Å². The zero-order chi connectivity index (χ0) is 25.8. The van der Waals surface area contributed by atoms with Crippen molar-refractivity contribution in [1.29, 1.82) is 0 Å². The van der Waals surface area contributed by atoms with Gasteiger partial charge in [-0.25, -0.2) is 4.79 Å². The minimum atomic E-state index is -0.644. The van der Waals surface area contributed by atoms with Gasteiger partial charge >= 0.3 is 6.09 Å². The van der Waals surface area contributed by atoms with Crippen molar-refractivity contribution in [1.82, 2.24) is 10.6 Å². The first kappa shape index (κ1) is 27.5. The third-order valence-electron chi connectivity index (χ3n) is 4.69. The van der Waals surface area contributed by atoms with Crippen molar-refractivity contribution in [3.8, 4) is 11.5 Å². The molecule has 35 heavy (non-hydrogen) atoms. The molecule has 3 N–H and O–H groups in total. The van der Waals surface area contributed by atoms with Gasteiger partial charge in [0.2, 0.25) is 11.8 Å². The van der Waals surface area contributed by atoms with Crippen LogP contribution >= 0.6 is 0 Å². The maximum atomic E-state index is 12.4. The Morgan fingerprint density at radius 2 is 1.57 bits per heavy atom. The van der Waals surface area contributed by atoms with Gasteiger partial charge in [0, 0.05) is 18.7 Å². The molecule has 0 aliphatic rings. The van der Waals surface area contributed by atoms with Crippen LogP contribution in [0.2, 0.25) is 0 Å². The molecule has 9 nitrogen and oxygen atoms in total. The molecule has 3 amide bonds. The second-order valence-electron chi connectivity index (χ2n) is 8.80. The van der Waals surface area contributed by atoms with Gasteiger partial charge in [-0.1, -0.05) is 18.2 Å². The zero-order valence-corrected chi connectivity index (χ0v) is 21.0. The lowest BCUT2D eigenvalue weighted by atomic mass is 10.1. The fourth-order valence-corrected chi connectivity index (χ4v) is 3.06. The number of carbonyl (C=O) groups is 3. The molecule has 2 aromatic rings. The van der Waals surface area contributed by atoms with Gasteiger partial charge < -0.3 is 30.2 Å². The first-order valence-corrected chi connectivity index (χ1v) is 11.5. The molecule has 9 heteroatoms. The fraction of sp³-hybridized carbons (Fsp3) is 0.423. The first-order chi connectivity index (χ1) is 16.6. The quantitative estimate of drug-likeness (QED) is 0.446. The van der Waals surface area contributed by atoms with Crippen molar-refractivity contribution in [3.05, 3.63) is 53.6 Å². The van der Waals surface area contributed by atoms with E-state index < -0.39 is 11.7 Å². The summed E-state index contributed by atoms with van der Waals surface area (Å²) in [6, 6.07) is 12.8. The van der Waals surface area contributed by atoms with Crippen LogP contribution in [0.4, 0.5) is 10.5 Å². The monoisotopic (exact) mass is 485 g/mol. The number of anilines is 1. The van der Waals surface area contributed by atoms with Gasteiger partial charge in [0.15, 0.2) is 11.5 Å². The number of amides is 3. The summed E-state index contributed by atoms with van der Waals surface area (Å²) in [4.78, 5) is 35.9. The van der Waals surface area contributed by atoms with Crippen molar-refractivity contribution in [2.75, 3.05) is 25.6 Å². The minimum Gasteiger partial charge on any atom is -0.493 e. The van der Waals surface area contributed by atoms with Crippen LogP contribution in [0.15, 0.2) is 42.5 Å². The van der Waals surface area contributed by atoms with Gasteiger partial charge in [-0.05, 0) is 69.5 Å². The van der Waals surface area contributed by atoms with E-state index >= 15 is 0 Å². The molecule has 0 aliphatic carbocycles. The molecule has 0 unspecified atom stereocenters. The number of ether oxygens (including phenoxy) is 3. The van der Waals surface area contributed by atoms with Gasteiger partial charge in [-0.2, -0.15) is 0 Å². The minimum absolute atomic E-state index is 0.105. The maximum Gasteiger partial charge on any atom is 0.408 e. The van der Waals surface area contributed by atoms with Crippen LogP contribution in [0.3, 0.4) is 0 Å². The van der Waals surface area contributed by atoms with E-state index in [0.29, 0.717) is 43.2 Å². The highest BCUT2D eigenvalue weighted by molar-refractivity contribution is 5.90. The lowest BCUT2D eigenvalue weighted by molar-refractivity contribution is -0.120. The predicted octanol–water partition coefficient (Wildman–Crippen LogP) is 3.81. The van der Waals surface area contributed by atoms with Gasteiger partial charge in [0.25, 0.3) is 0 Å². The summed E-state index contributed by atoms with van der Waals surface area (Å²) in [5.41, 5.74) is 1.88. The predicted molar refractivity (Wildman–Crippen MR) is 134 cm³/mol. The smallest absolute Gasteiger partial charge is 0.408 e. The lowest BCUT2D eigenvalue weighted by Crippen LogP contribution is -2.39. The van der Waals surface area contributed by atoms with Crippen LogP contribution in [-0.4, -0.2) is 43.8 Å². The molecule has 0 radical (unpaired) electrons. The van der Waals surface area contributed by atoms with E-state index in [9.17, 15) is 14.4 Å². The summed E-state index contributed by atoms with van der Waals surface area (Å²) in [6.07, 6.45) is 0.240. The van der Waals surface area contributed by atoms with Crippen molar-refractivity contribution in [2.24, 2.45) is 0 Å². The highest BCUT2D eigenvalue weighted by Crippen LogP contribution is 2.28. The zero-order valence-electron chi connectivity index (χ0n) is 21.0. The third-order valence-corrected chi connectivity index (χ3v) is 4.69. The molecule has 0 spiro atoms. The standard InChI is InChI=1S/C26H35N3O6/c1-6-34-21-13-9-18(15-22(21)33-5)10-14-23(30)29-20-11-7-19(8-12-20)16-27-24(31)17-28-25(32)35-26(2,3)4/h7-9,11-13,15H,6,10,14,16-17H2,1-5H3,(H,27,31)(H,28,32)(H,29,30). The molecule has 2 aromatic carbocycles. The van der Waals surface area contributed by atoms with Crippen LogP contribution in [-0.2, 0) is 27.3 Å². The van der Waals surface area contributed by atoms with Crippen molar-refractivity contribution >= 4 is 23.6 Å². The SMILES string of the molecule is CCOc1ccc(CCC(=O)Nc2ccc(CNC(=O)CNC(=O)OC(C)(C)C)cc2)cc1OC. The van der Waals surface area contributed by atoms with Gasteiger partial charge in [-0.3, -0.25) is 9.59 Å². The van der Waals surface area contributed by atoms with E-state index in [1.165, 1.54) is 0 Å². The van der Waals surface area contributed by atoms with Gasteiger partial charge in [0.05, 0.1) is 13.7 Å². The van der Waals surface area contributed by atoms with Crippen molar-refractivity contribution in [2.45, 2.75) is 52.7 Å². The average Bonchev–Trinajstić information content (AvgIpc) is 2.80. The lowest BCUT2D eigenvalue weighted by Gasteiger charge is -2.19. The van der Waals surface area contributed by atoms with Gasteiger partial charge in [0.1, 0.15) is 12.1 Å². The summed E-state index contributed by atoms with van der Waals surface area (Å²) in [5.74, 6) is 0.887. The number of carbonyl (C=O) groups excluding carboxylic acids is 3. The summed E-state index contributed by atoms with van der Waals surface area (Å²) in [5, 5.41) is 8.00. The Balaban J connectivity index is 1.75. The number of benzene rings is 2. The second-order valence-corrected chi connectivity index (χ2v) is 8.80. The number of methoxy groups -OCH3 is 1. The fourth-order valence-electron chi connectivity index (χ4n) is 3.06. The highest BCUT2D eigenvalue weighted by Gasteiger charge is 2.16. The molecular formula is C26H35N3O6. The van der Waals surface area contributed by atoms with Crippen LogP contribution in [0.25, 0.3) is 0 Å². The molecule has 0 aliphatic heterocycles. The number of hydrogen-bond donors (Lipinski definition) is 3. The third kappa shape index (κ3) is 10.4. The van der Waals surface area contributed by atoms with Crippen LogP contribution in [0, 0.1) is 0 Å². The highest BCUT2D eigenvalue weighted by atomic mass is 16.6. The molecule has 0 heterocycles. The summed E-state index contributed by atoms with van der Waals surface area (Å²) < 4.78 is 16.0. The Kier molecular flexibility index (Phi) is 10.4. The molecule has 0 fully saturated rings. The summed E-state index contributed by atoms with van der Waals surface area (Å²) >= 11 is 0. The number of rotatable bonds is 11. The molecule has 0 atom stereocenters. The molecule has 0 bridgehead atoms. The maximum absolute atomic E-state index is 12.4. The Labute approximate surface area is 206 Å². The number of hydrogen-bond acceptors (Lipinski definition) is 6. The van der Waals surface area contributed by atoms with Gasteiger partial charge in [-0.15, -0.1) is 0 Å². The van der Waals surface area contributed by atoms with E-state index in [-0.39, 0.29) is 18.4 Å². The first-order valence-electron chi connectivity index (χ1n) is 11.5. The number of alkyl carbamates (subject to hydrolysis) is 1. The largest absolute Gasteiger partial charge is 0.493 e. The topological polar surface area (TPSA) is 115 Å². The normalized spacial score (nSPS) is 10.8. The molecule has 2 rings (SSSR count). The molecule has 190 valence electrons. The Morgan fingerprint density at radius 1 is 0.886 bits per heavy atom. The molecular weight excluding hydrogens is 450 g/mol. The molecule has 0 saturated carbocycles. The van der Waals surface area contributed by atoms with Crippen molar-refractivity contribution < 1.29 is 28.6 Å². The molecule has 0 aromatic heterocycles. The van der Waals surface area contributed by atoms with E-state index in [1.54, 1.807) is 40.0 Å². The van der Waals surface area contributed by atoms with Crippen LogP contribution < -0.4 is 25.4 Å². The Hall–Kier alpha value is -3.75. The van der Waals surface area contributed by atoms with Crippen LogP contribution in [0.5, 0.6) is 11.5 Å².